The SMILES string of the molecule is Fc1c(F)c(F)c([PH]([Ag])(c2c(F)c(F)c(F)c(F)c2F)c2c(F)c(F)c(F)c(F)c2F)c(F)c1F. The number of halogens is 15. The van der Waals surface area contributed by atoms with E-state index < -0.39 is 108 Å². The summed E-state index contributed by atoms with van der Waals surface area (Å²) in [6.07, 6.45) is 0. The number of hydrogen-bond acceptors (Lipinski definition) is 0. The van der Waals surface area contributed by atoms with Gasteiger partial charge in [-0.1, -0.05) is 0 Å². The van der Waals surface area contributed by atoms with Crippen LogP contribution in [0.3, 0.4) is 0 Å². The summed E-state index contributed by atoms with van der Waals surface area (Å²) in [5.41, 5.74) is 0. The Morgan fingerprint density at radius 1 is 0.257 bits per heavy atom. The molecule has 0 heterocycles. The molecule has 0 aliphatic carbocycles. The van der Waals surface area contributed by atoms with Crippen LogP contribution in [-0.4, -0.2) is 0 Å². The van der Waals surface area contributed by atoms with E-state index in [9.17, 15) is 65.9 Å². The predicted molar refractivity (Wildman–Crippen MR) is 85.9 cm³/mol. The molecule has 0 N–H and O–H groups in total. The van der Waals surface area contributed by atoms with Gasteiger partial charge in [0.1, 0.15) is 0 Å². The Balaban J connectivity index is 2.78. The van der Waals surface area contributed by atoms with Gasteiger partial charge in [-0.15, -0.1) is 0 Å². The van der Waals surface area contributed by atoms with Crippen molar-refractivity contribution in [3.63, 3.8) is 0 Å². The molecule has 3 rings (SSSR count). The van der Waals surface area contributed by atoms with Gasteiger partial charge in [-0.2, -0.15) is 0 Å². The van der Waals surface area contributed by atoms with E-state index in [1.54, 1.807) is 0 Å². The first-order chi connectivity index (χ1) is 16.0. The third-order valence-corrected chi connectivity index (χ3v) is 11.2. The maximum atomic E-state index is 14.6. The van der Waals surface area contributed by atoms with Crippen molar-refractivity contribution in [3.05, 3.63) is 87.3 Å². The van der Waals surface area contributed by atoms with E-state index in [1.807, 2.05) is 20.5 Å². The standard InChI is InChI=1S/C18F15P.Ag/c19-1-4(22)10(28)16(11(29)5(1)23)34(17-12(30)6(24)2(20)7(25)13(17)31)18-14(32)8(26)3(21)9(27)15(18)33;/q;-1/p+1. The van der Waals surface area contributed by atoms with E-state index in [-0.39, 0.29) is 0 Å². The zero-order valence-corrected chi connectivity index (χ0v) is 18.0. The average Bonchev–Trinajstić information content (AvgIpc) is 2.81. The van der Waals surface area contributed by atoms with Gasteiger partial charge >= 0.3 is 195 Å². The van der Waals surface area contributed by atoms with Crippen LogP contribution in [0.4, 0.5) is 65.9 Å². The summed E-state index contributed by atoms with van der Waals surface area (Å²) in [6.45, 7) is 0. The Morgan fingerprint density at radius 3 is 0.514 bits per heavy atom. The molecule has 3 aromatic carbocycles. The summed E-state index contributed by atoms with van der Waals surface area (Å²) in [5, 5.41) is -14.7. The quantitative estimate of drug-likeness (QED) is 0.121. The van der Waals surface area contributed by atoms with Crippen LogP contribution in [0.5, 0.6) is 0 Å². The van der Waals surface area contributed by atoms with Crippen molar-refractivity contribution in [2.24, 2.45) is 0 Å². The molecule has 3 aromatic rings. The fraction of sp³-hybridized carbons (Fsp3) is 0. The van der Waals surface area contributed by atoms with Gasteiger partial charge in [0, 0.05) is 0 Å². The van der Waals surface area contributed by atoms with Crippen molar-refractivity contribution in [3.8, 4) is 0 Å². The molecular formula is C18HAgF15P. The van der Waals surface area contributed by atoms with Gasteiger partial charge in [-0.25, -0.2) is 0 Å². The third-order valence-electron chi connectivity index (χ3n) is 4.61. The molecule has 0 spiro atoms. The van der Waals surface area contributed by atoms with Gasteiger partial charge in [-0.05, 0) is 0 Å². The van der Waals surface area contributed by atoms with Crippen molar-refractivity contribution >= 4 is 21.1 Å². The molecule has 0 aliphatic heterocycles. The Hall–Kier alpha value is -2.22. The number of hydrogen-bond donors (Lipinski definition) is 0. The van der Waals surface area contributed by atoms with Crippen LogP contribution in [0.2, 0.25) is 0 Å². The number of benzene rings is 3. The van der Waals surface area contributed by atoms with Gasteiger partial charge < -0.3 is 0 Å². The summed E-state index contributed by atoms with van der Waals surface area (Å²) < 4.78 is 211. The first kappa shape index (κ1) is 27.4. The third kappa shape index (κ3) is 3.66. The Morgan fingerprint density at radius 2 is 0.371 bits per heavy atom. The molecule has 0 aromatic heterocycles. The van der Waals surface area contributed by atoms with E-state index in [4.69, 9.17) is 0 Å². The molecule has 17 heteroatoms. The van der Waals surface area contributed by atoms with Gasteiger partial charge in [-0.3, -0.25) is 0 Å². The molecule has 0 nitrogen and oxygen atoms in total. The van der Waals surface area contributed by atoms with Crippen molar-refractivity contribution in [2.75, 3.05) is 0 Å². The maximum absolute atomic E-state index is 14.6. The van der Waals surface area contributed by atoms with E-state index >= 15 is 0 Å². The first-order valence-corrected chi connectivity index (χ1v) is 12.3. The average molecular weight is 641 g/mol. The van der Waals surface area contributed by atoms with Crippen LogP contribution in [-0.2, 0) is 20.5 Å². The van der Waals surface area contributed by atoms with Gasteiger partial charge in [0.2, 0.25) is 0 Å². The van der Waals surface area contributed by atoms with Gasteiger partial charge in [0.15, 0.2) is 0 Å². The summed E-state index contributed by atoms with van der Waals surface area (Å²) >= 11 is 1.95. The van der Waals surface area contributed by atoms with Crippen LogP contribution in [0, 0.1) is 87.3 Å². The Labute approximate surface area is 195 Å². The van der Waals surface area contributed by atoms with Crippen molar-refractivity contribution in [1.82, 2.24) is 0 Å². The summed E-state index contributed by atoms with van der Waals surface area (Å²) in [6, 6.07) is 0. The molecule has 0 fully saturated rings. The number of rotatable bonds is 3. The zero-order chi connectivity index (χ0) is 26.9. The second-order valence-electron chi connectivity index (χ2n) is 6.44. The van der Waals surface area contributed by atoms with Gasteiger partial charge in [0.05, 0.1) is 0 Å². The van der Waals surface area contributed by atoms with E-state index in [1.165, 1.54) is 0 Å². The molecule has 0 saturated carbocycles. The molecule has 0 atom stereocenters. The van der Waals surface area contributed by atoms with Crippen molar-refractivity contribution in [2.45, 2.75) is 0 Å². The molecule has 0 radical (unpaired) electrons. The van der Waals surface area contributed by atoms with E-state index in [0.717, 1.165) is 0 Å². The van der Waals surface area contributed by atoms with Crippen LogP contribution >= 0.6 is 5.15 Å². The topological polar surface area (TPSA) is 0 Å². The van der Waals surface area contributed by atoms with Crippen LogP contribution < -0.4 is 15.9 Å². The molecule has 0 aliphatic rings. The van der Waals surface area contributed by atoms with Crippen LogP contribution in [0.1, 0.15) is 0 Å². The predicted octanol–water partition coefficient (Wildman–Crippen LogP) is 5.26. The molecule has 35 heavy (non-hydrogen) atoms. The minimum atomic E-state index is -6.78. The van der Waals surface area contributed by atoms with E-state index in [2.05, 4.69) is 0 Å². The molecular weight excluding hydrogens is 640 g/mol. The van der Waals surface area contributed by atoms with Gasteiger partial charge in [0.25, 0.3) is 0 Å². The van der Waals surface area contributed by atoms with Crippen molar-refractivity contribution < 1.29 is 86.4 Å². The van der Waals surface area contributed by atoms with Crippen molar-refractivity contribution in [1.29, 1.82) is 0 Å². The second kappa shape index (κ2) is 9.02. The fourth-order valence-corrected chi connectivity index (χ4v) is 9.10. The summed E-state index contributed by atoms with van der Waals surface area (Å²) in [7, 11) is 0. The molecule has 0 amide bonds. The second-order valence-corrected chi connectivity index (χ2v) is 12.5. The molecule has 0 saturated heterocycles. The zero-order valence-electron chi connectivity index (χ0n) is 15.5. The normalized spacial score (nSPS) is 12.5. The first-order valence-electron chi connectivity index (χ1n) is 8.24. The monoisotopic (exact) mass is 640 g/mol. The summed E-state index contributed by atoms with van der Waals surface area (Å²) in [4.78, 5) is 0. The Kier molecular flexibility index (Phi) is 7.05. The van der Waals surface area contributed by atoms with E-state index in [0.29, 0.717) is 0 Å². The Bertz CT molecular complexity index is 1170. The molecule has 0 unspecified atom stereocenters. The molecule has 194 valence electrons. The summed E-state index contributed by atoms with van der Waals surface area (Å²) in [5.74, 6) is -45.2. The van der Waals surface area contributed by atoms with Crippen LogP contribution in [0.25, 0.3) is 0 Å². The minimum absolute atomic E-state index is 1.95. The molecule has 0 bridgehead atoms. The van der Waals surface area contributed by atoms with Crippen LogP contribution in [0.15, 0.2) is 0 Å². The fourth-order valence-electron chi connectivity index (χ4n) is 3.05.